The molecular weight excluding hydrogens is 279 g/mol. The lowest BCUT2D eigenvalue weighted by molar-refractivity contribution is 0.250. The van der Waals surface area contributed by atoms with E-state index in [1.807, 2.05) is 6.92 Å². The van der Waals surface area contributed by atoms with Gasteiger partial charge >= 0.3 is 0 Å². The second kappa shape index (κ2) is 6.51. The van der Waals surface area contributed by atoms with Gasteiger partial charge in [-0.25, -0.2) is 4.39 Å². The SMILES string of the molecule is CC(CO)CSCc1ccc(F)c(Br)c1. The van der Waals surface area contributed by atoms with Gasteiger partial charge in [0, 0.05) is 12.4 Å². The van der Waals surface area contributed by atoms with Crippen molar-refractivity contribution in [2.75, 3.05) is 12.4 Å². The van der Waals surface area contributed by atoms with Crippen molar-refractivity contribution < 1.29 is 9.50 Å². The zero-order valence-corrected chi connectivity index (χ0v) is 10.9. The van der Waals surface area contributed by atoms with Gasteiger partial charge in [0.25, 0.3) is 0 Å². The first kappa shape index (κ1) is 13.0. The standard InChI is InChI=1S/C11H14BrFOS/c1-8(5-14)6-15-7-9-2-3-11(13)10(12)4-9/h2-4,8,14H,5-7H2,1H3. The van der Waals surface area contributed by atoms with Crippen molar-refractivity contribution in [3.63, 3.8) is 0 Å². The average Bonchev–Trinajstić information content (AvgIpc) is 2.23. The van der Waals surface area contributed by atoms with Crippen molar-refractivity contribution in [3.05, 3.63) is 34.1 Å². The molecule has 15 heavy (non-hydrogen) atoms. The normalized spacial score (nSPS) is 12.8. The first-order valence-corrected chi connectivity index (χ1v) is 6.70. The number of hydrogen-bond donors (Lipinski definition) is 1. The summed E-state index contributed by atoms with van der Waals surface area (Å²) in [4.78, 5) is 0. The minimum absolute atomic E-state index is 0.222. The molecule has 1 nitrogen and oxygen atoms in total. The Bertz CT molecular complexity index is 319. The number of rotatable bonds is 5. The maximum atomic E-state index is 12.9. The van der Waals surface area contributed by atoms with Crippen molar-refractivity contribution in [2.45, 2.75) is 12.7 Å². The smallest absolute Gasteiger partial charge is 0.137 e. The molecule has 84 valence electrons. The molecule has 0 aliphatic heterocycles. The molecule has 1 N–H and O–H groups in total. The number of benzene rings is 1. The van der Waals surface area contributed by atoms with Gasteiger partial charge in [-0.2, -0.15) is 11.8 Å². The molecule has 0 amide bonds. The fourth-order valence-corrected chi connectivity index (χ4v) is 2.53. The number of thioether (sulfide) groups is 1. The molecule has 0 radical (unpaired) electrons. The van der Waals surface area contributed by atoms with Crippen LogP contribution in [-0.2, 0) is 5.75 Å². The summed E-state index contributed by atoms with van der Waals surface area (Å²) in [6.45, 7) is 2.23. The van der Waals surface area contributed by atoms with Crippen LogP contribution >= 0.6 is 27.7 Å². The van der Waals surface area contributed by atoms with Gasteiger partial charge in [0.1, 0.15) is 5.82 Å². The summed E-state index contributed by atoms with van der Waals surface area (Å²) in [7, 11) is 0. The first-order valence-electron chi connectivity index (χ1n) is 4.76. The molecule has 0 aromatic heterocycles. The van der Waals surface area contributed by atoms with Gasteiger partial charge in [-0.3, -0.25) is 0 Å². The lowest BCUT2D eigenvalue weighted by Gasteiger charge is -2.07. The lowest BCUT2D eigenvalue weighted by Crippen LogP contribution is -2.03. The Morgan fingerprint density at radius 1 is 1.53 bits per heavy atom. The van der Waals surface area contributed by atoms with E-state index in [4.69, 9.17) is 5.11 Å². The van der Waals surface area contributed by atoms with E-state index in [0.29, 0.717) is 10.4 Å². The Balaban J connectivity index is 2.41. The molecule has 4 heteroatoms. The number of aliphatic hydroxyl groups is 1. The topological polar surface area (TPSA) is 20.2 Å². The first-order chi connectivity index (χ1) is 7.13. The summed E-state index contributed by atoms with van der Waals surface area (Å²) in [5, 5.41) is 8.84. The third-order valence-electron chi connectivity index (χ3n) is 1.97. The van der Waals surface area contributed by atoms with E-state index in [1.165, 1.54) is 6.07 Å². The fourth-order valence-electron chi connectivity index (χ4n) is 1.06. The Labute approximate surface area is 102 Å². The zero-order valence-electron chi connectivity index (χ0n) is 8.54. The van der Waals surface area contributed by atoms with E-state index in [-0.39, 0.29) is 12.4 Å². The van der Waals surface area contributed by atoms with E-state index in [0.717, 1.165) is 17.1 Å². The van der Waals surface area contributed by atoms with Crippen LogP contribution in [0.4, 0.5) is 4.39 Å². The number of halogens is 2. The second-order valence-corrected chi connectivity index (χ2v) is 5.44. The molecule has 0 aliphatic carbocycles. The van der Waals surface area contributed by atoms with Crippen LogP contribution in [0.5, 0.6) is 0 Å². The Kier molecular flexibility index (Phi) is 5.64. The summed E-state index contributed by atoms with van der Waals surface area (Å²) in [5.74, 6) is 1.86. The van der Waals surface area contributed by atoms with Gasteiger partial charge in [0.05, 0.1) is 4.47 Å². The van der Waals surface area contributed by atoms with E-state index >= 15 is 0 Å². The Morgan fingerprint density at radius 3 is 2.87 bits per heavy atom. The molecule has 0 spiro atoms. The molecule has 1 rings (SSSR count). The molecule has 0 fully saturated rings. The van der Waals surface area contributed by atoms with Crippen molar-refractivity contribution in [3.8, 4) is 0 Å². The Morgan fingerprint density at radius 2 is 2.27 bits per heavy atom. The van der Waals surface area contributed by atoms with E-state index in [9.17, 15) is 4.39 Å². The third kappa shape index (κ3) is 4.53. The molecular formula is C11H14BrFOS. The molecule has 0 saturated heterocycles. The highest BCUT2D eigenvalue weighted by Crippen LogP contribution is 2.21. The summed E-state index contributed by atoms with van der Waals surface area (Å²) in [5.41, 5.74) is 1.10. The third-order valence-corrected chi connectivity index (χ3v) is 3.92. The monoisotopic (exact) mass is 292 g/mol. The molecule has 1 atom stereocenters. The molecule has 1 unspecified atom stereocenters. The summed E-state index contributed by atoms with van der Waals surface area (Å²) in [6, 6.07) is 5.05. The number of hydrogen-bond acceptors (Lipinski definition) is 2. The second-order valence-electron chi connectivity index (χ2n) is 3.55. The van der Waals surface area contributed by atoms with Gasteiger partial charge < -0.3 is 5.11 Å². The average molecular weight is 293 g/mol. The highest BCUT2D eigenvalue weighted by atomic mass is 79.9. The molecule has 0 heterocycles. The number of aliphatic hydroxyl groups excluding tert-OH is 1. The van der Waals surface area contributed by atoms with Crippen LogP contribution in [0, 0.1) is 11.7 Å². The largest absolute Gasteiger partial charge is 0.396 e. The highest BCUT2D eigenvalue weighted by molar-refractivity contribution is 9.10. The van der Waals surface area contributed by atoms with Crippen molar-refractivity contribution in [1.82, 2.24) is 0 Å². The maximum Gasteiger partial charge on any atom is 0.137 e. The fraction of sp³-hybridized carbons (Fsp3) is 0.455. The van der Waals surface area contributed by atoms with Crippen LogP contribution < -0.4 is 0 Å². The van der Waals surface area contributed by atoms with Gasteiger partial charge in [-0.15, -0.1) is 0 Å². The minimum Gasteiger partial charge on any atom is -0.396 e. The summed E-state index contributed by atoms with van der Waals surface area (Å²) in [6.07, 6.45) is 0. The van der Waals surface area contributed by atoms with Gasteiger partial charge in [0.15, 0.2) is 0 Å². The van der Waals surface area contributed by atoms with Crippen LogP contribution in [0.3, 0.4) is 0 Å². The molecule has 0 saturated carbocycles. The van der Waals surface area contributed by atoms with Crippen LogP contribution in [-0.4, -0.2) is 17.5 Å². The summed E-state index contributed by atoms with van der Waals surface area (Å²) < 4.78 is 13.4. The predicted molar refractivity (Wildman–Crippen MR) is 66.5 cm³/mol. The molecule has 1 aromatic rings. The Hall–Kier alpha value is -0.0600. The maximum absolute atomic E-state index is 12.9. The molecule has 0 aliphatic rings. The minimum atomic E-state index is -0.229. The van der Waals surface area contributed by atoms with Crippen LogP contribution in [0.2, 0.25) is 0 Å². The highest BCUT2D eigenvalue weighted by Gasteiger charge is 2.03. The van der Waals surface area contributed by atoms with Gasteiger partial charge in [-0.05, 0) is 45.3 Å². The van der Waals surface area contributed by atoms with Crippen LogP contribution in [0.15, 0.2) is 22.7 Å². The van der Waals surface area contributed by atoms with Crippen LogP contribution in [0.1, 0.15) is 12.5 Å². The predicted octanol–water partition coefficient (Wildman–Crippen LogP) is 3.45. The summed E-state index contributed by atoms with van der Waals surface area (Å²) >= 11 is 4.91. The van der Waals surface area contributed by atoms with Crippen molar-refractivity contribution in [1.29, 1.82) is 0 Å². The van der Waals surface area contributed by atoms with Crippen molar-refractivity contribution >= 4 is 27.7 Å². The van der Waals surface area contributed by atoms with E-state index < -0.39 is 0 Å². The van der Waals surface area contributed by atoms with E-state index in [2.05, 4.69) is 15.9 Å². The van der Waals surface area contributed by atoms with Crippen LogP contribution in [0.25, 0.3) is 0 Å². The molecule has 0 bridgehead atoms. The quantitative estimate of drug-likeness (QED) is 0.897. The van der Waals surface area contributed by atoms with Crippen molar-refractivity contribution in [2.24, 2.45) is 5.92 Å². The molecule has 1 aromatic carbocycles. The van der Waals surface area contributed by atoms with Gasteiger partial charge in [-0.1, -0.05) is 13.0 Å². The lowest BCUT2D eigenvalue weighted by atomic mass is 10.2. The zero-order chi connectivity index (χ0) is 11.3. The van der Waals surface area contributed by atoms with E-state index in [1.54, 1.807) is 23.9 Å². The van der Waals surface area contributed by atoms with Gasteiger partial charge in [0.2, 0.25) is 0 Å².